The molecule has 3 aromatic rings. The summed E-state index contributed by atoms with van der Waals surface area (Å²) in [5.74, 6) is 0. The highest BCUT2D eigenvalue weighted by atomic mass is 15.0. The number of aryl methyl sites for hydroxylation is 4. The Morgan fingerprint density at radius 2 is 1.61 bits per heavy atom. The first kappa shape index (κ1) is 15.5. The van der Waals surface area contributed by atoms with Crippen molar-refractivity contribution in [3.63, 3.8) is 0 Å². The van der Waals surface area contributed by atoms with E-state index in [1.807, 2.05) is 18.7 Å². The number of nitrogens with zero attached hydrogens (tertiary/aromatic N) is 2. The van der Waals surface area contributed by atoms with Crippen LogP contribution in [0, 0.1) is 27.7 Å². The molecule has 118 valence electrons. The van der Waals surface area contributed by atoms with E-state index in [1.165, 1.54) is 38.9 Å². The van der Waals surface area contributed by atoms with E-state index < -0.39 is 0 Å². The van der Waals surface area contributed by atoms with Crippen molar-refractivity contribution in [3.8, 4) is 11.1 Å². The molecule has 0 spiro atoms. The van der Waals surface area contributed by atoms with Gasteiger partial charge in [-0.05, 0) is 68.0 Å². The van der Waals surface area contributed by atoms with Crippen LogP contribution in [0.2, 0.25) is 0 Å². The van der Waals surface area contributed by atoms with E-state index >= 15 is 0 Å². The fourth-order valence-electron chi connectivity index (χ4n) is 3.61. The molecule has 0 radical (unpaired) electrons. The summed E-state index contributed by atoms with van der Waals surface area (Å²) in [4.78, 5) is 4.20. The topological polar surface area (TPSA) is 17.8 Å². The van der Waals surface area contributed by atoms with Crippen molar-refractivity contribution in [1.29, 1.82) is 0 Å². The molecule has 0 saturated carbocycles. The van der Waals surface area contributed by atoms with Gasteiger partial charge in [-0.25, -0.2) is 4.98 Å². The summed E-state index contributed by atoms with van der Waals surface area (Å²) in [7, 11) is 0. The van der Waals surface area contributed by atoms with E-state index in [2.05, 4.69) is 74.5 Å². The van der Waals surface area contributed by atoms with Crippen LogP contribution in [0.4, 0.5) is 0 Å². The Balaban J connectivity index is 2.25. The Hall–Kier alpha value is -2.35. The van der Waals surface area contributed by atoms with Gasteiger partial charge in [-0.1, -0.05) is 35.9 Å². The third kappa shape index (κ3) is 2.81. The second kappa shape index (κ2) is 6.04. The molecular formula is C21H24N2. The van der Waals surface area contributed by atoms with Crippen molar-refractivity contribution in [2.75, 3.05) is 0 Å². The lowest BCUT2D eigenvalue weighted by Crippen LogP contribution is -2.08. The fourth-order valence-corrected chi connectivity index (χ4v) is 3.61. The minimum Gasteiger partial charge on any atom is -0.330 e. The number of hydrogen-bond acceptors (Lipinski definition) is 1. The van der Waals surface area contributed by atoms with Gasteiger partial charge >= 0.3 is 0 Å². The molecule has 2 heteroatoms. The molecule has 0 bridgehead atoms. The summed E-state index contributed by atoms with van der Waals surface area (Å²) in [6.07, 6.45) is 5.77. The van der Waals surface area contributed by atoms with Gasteiger partial charge in [-0.15, -0.1) is 0 Å². The number of hydrogen-bond donors (Lipinski definition) is 0. The van der Waals surface area contributed by atoms with Crippen molar-refractivity contribution in [2.24, 2.45) is 0 Å². The Morgan fingerprint density at radius 1 is 0.913 bits per heavy atom. The number of benzene rings is 2. The Kier molecular flexibility index (Phi) is 4.08. The van der Waals surface area contributed by atoms with Crippen LogP contribution in [0.3, 0.4) is 0 Å². The summed E-state index contributed by atoms with van der Waals surface area (Å²) in [6.45, 7) is 11.0. The Labute approximate surface area is 138 Å². The number of aromatic nitrogens is 2. The van der Waals surface area contributed by atoms with Crippen LogP contribution < -0.4 is 0 Å². The first-order chi connectivity index (χ1) is 11.0. The fraction of sp³-hybridized carbons (Fsp3) is 0.286. The van der Waals surface area contributed by atoms with E-state index in [4.69, 9.17) is 0 Å². The third-order valence-corrected chi connectivity index (χ3v) is 4.65. The van der Waals surface area contributed by atoms with Crippen LogP contribution in [0.1, 0.15) is 40.8 Å². The van der Waals surface area contributed by atoms with E-state index in [0.29, 0.717) is 0 Å². The van der Waals surface area contributed by atoms with Crippen molar-refractivity contribution in [2.45, 2.75) is 40.7 Å². The average molecular weight is 304 g/mol. The first-order valence-electron chi connectivity index (χ1n) is 8.14. The highest BCUT2D eigenvalue weighted by Gasteiger charge is 2.18. The number of imidazole rings is 1. The predicted octanol–water partition coefficient (Wildman–Crippen LogP) is 5.39. The molecule has 2 nitrogen and oxygen atoms in total. The third-order valence-electron chi connectivity index (χ3n) is 4.65. The Bertz CT molecular complexity index is 806. The van der Waals surface area contributed by atoms with Gasteiger partial charge in [0.05, 0.1) is 12.4 Å². The predicted molar refractivity (Wildman–Crippen MR) is 96.9 cm³/mol. The zero-order valence-electron chi connectivity index (χ0n) is 14.6. The quantitative estimate of drug-likeness (QED) is 0.634. The van der Waals surface area contributed by atoms with Gasteiger partial charge in [0.1, 0.15) is 0 Å². The molecule has 2 aromatic carbocycles. The van der Waals surface area contributed by atoms with Crippen LogP contribution in [-0.4, -0.2) is 9.55 Å². The monoisotopic (exact) mass is 304 g/mol. The largest absolute Gasteiger partial charge is 0.330 e. The van der Waals surface area contributed by atoms with Gasteiger partial charge in [-0.3, -0.25) is 0 Å². The summed E-state index contributed by atoms with van der Waals surface area (Å²) in [6, 6.07) is 11.4. The normalized spacial score (nSPS) is 12.4. The van der Waals surface area contributed by atoms with Gasteiger partial charge in [0.15, 0.2) is 0 Å². The molecule has 1 atom stereocenters. The van der Waals surface area contributed by atoms with Gasteiger partial charge in [0.2, 0.25) is 0 Å². The molecule has 0 saturated heterocycles. The lowest BCUT2D eigenvalue weighted by molar-refractivity contribution is 0.639. The zero-order valence-corrected chi connectivity index (χ0v) is 14.6. The molecule has 0 aliphatic heterocycles. The van der Waals surface area contributed by atoms with E-state index in [-0.39, 0.29) is 6.04 Å². The second-order valence-corrected chi connectivity index (χ2v) is 6.50. The van der Waals surface area contributed by atoms with E-state index in [9.17, 15) is 0 Å². The van der Waals surface area contributed by atoms with Crippen LogP contribution in [0.5, 0.6) is 0 Å². The lowest BCUT2D eigenvalue weighted by Gasteiger charge is -2.22. The molecular weight excluding hydrogens is 280 g/mol. The second-order valence-electron chi connectivity index (χ2n) is 6.50. The summed E-state index contributed by atoms with van der Waals surface area (Å²) >= 11 is 0. The van der Waals surface area contributed by atoms with Crippen LogP contribution >= 0.6 is 0 Å². The minimum atomic E-state index is 0.257. The van der Waals surface area contributed by atoms with Crippen molar-refractivity contribution in [1.82, 2.24) is 9.55 Å². The standard InChI is InChI=1S/C21H24N2/c1-14-11-16(3)20(17(4)12-14)21-15(2)7-6-8-19(21)18(5)23-10-9-22-13-23/h6-13,18H,1-5H3. The molecule has 0 amide bonds. The highest BCUT2D eigenvalue weighted by Crippen LogP contribution is 2.37. The molecule has 1 unspecified atom stereocenters. The van der Waals surface area contributed by atoms with Crippen LogP contribution in [0.15, 0.2) is 49.1 Å². The Morgan fingerprint density at radius 3 is 2.22 bits per heavy atom. The van der Waals surface area contributed by atoms with Gasteiger partial charge in [0.25, 0.3) is 0 Å². The zero-order chi connectivity index (χ0) is 16.6. The van der Waals surface area contributed by atoms with Crippen LogP contribution in [-0.2, 0) is 0 Å². The SMILES string of the molecule is Cc1cc(C)c(-c2c(C)cccc2C(C)n2ccnc2)c(C)c1. The molecule has 1 heterocycles. The molecule has 0 N–H and O–H groups in total. The van der Waals surface area contributed by atoms with Crippen LogP contribution in [0.25, 0.3) is 11.1 Å². The maximum atomic E-state index is 4.20. The summed E-state index contributed by atoms with van der Waals surface area (Å²) < 4.78 is 2.16. The van der Waals surface area contributed by atoms with Crippen molar-refractivity contribution in [3.05, 3.63) is 76.9 Å². The number of rotatable bonds is 3. The molecule has 0 aliphatic carbocycles. The summed E-state index contributed by atoms with van der Waals surface area (Å²) in [5.41, 5.74) is 9.41. The van der Waals surface area contributed by atoms with Crippen molar-refractivity contribution >= 4 is 0 Å². The molecule has 0 fully saturated rings. The highest BCUT2D eigenvalue weighted by molar-refractivity contribution is 5.77. The van der Waals surface area contributed by atoms with Gasteiger partial charge in [0, 0.05) is 12.4 Å². The molecule has 3 rings (SSSR count). The maximum Gasteiger partial charge on any atom is 0.0951 e. The van der Waals surface area contributed by atoms with Gasteiger partial charge < -0.3 is 4.57 Å². The summed E-state index contributed by atoms with van der Waals surface area (Å²) in [5, 5.41) is 0. The van der Waals surface area contributed by atoms with E-state index in [0.717, 1.165) is 0 Å². The molecule has 23 heavy (non-hydrogen) atoms. The first-order valence-corrected chi connectivity index (χ1v) is 8.14. The van der Waals surface area contributed by atoms with Crippen molar-refractivity contribution < 1.29 is 0 Å². The van der Waals surface area contributed by atoms with E-state index in [1.54, 1.807) is 0 Å². The molecule has 0 aliphatic rings. The smallest absolute Gasteiger partial charge is 0.0951 e. The maximum absolute atomic E-state index is 4.20. The lowest BCUT2D eigenvalue weighted by atomic mass is 9.86. The average Bonchev–Trinajstić information content (AvgIpc) is 3.01. The van der Waals surface area contributed by atoms with Gasteiger partial charge in [-0.2, -0.15) is 0 Å². The molecule has 1 aromatic heterocycles. The minimum absolute atomic E-state index is 0.257.